The number of likely N-dealkylation sites (tertiary alicyclic amines) is 1. The lowest BCUT2D eigenvalue weighted by molar-refractivity contribution is 0.0909. The fourth-order valence-electron chi connectivity index (χ4n) is 3.55. The summed E-state index contributed by atoms with van der Waals surface area (Å²) in [5.74, 6) is -0.328. The van der Waals surface area contributed by atoms with Gasteiger partial charge in [-0.3, -0.25) is 19.0 Å². The first-order valence-corrected chi connectivity index (χ1v) is 10.3. The third-order valence-electron chi connectivity index (χ3n) is 5.16. The van der Waals surface area contributed by atoms with Gasteiger partial charge in [-0.2, -0.15) is 0 Å². The molecule has 1 saturated heterocycles. The van der Waals surface area contributed by atoms with E-state index >= 15 is 0 Å². The molecule has 0 aliphatic carbocycles. The Bertz CT molecular complexity index is 1020. The quantitative estimate of drug-likeness (QED) is 0.711. The molecule has 8 heteroatoms. The lowest BCUT2D eigenvalue weighted by Crippen LogP contribution is -2.46. The average molecular weight is 398 g/mol. The number of rotatable bonds is 5. The van der Waals surface area contributed by atoms with Crippen LogP contribution >= 0.6 is 11.3 Å². The fourth-order valence-corrected chi connectivity index (χ4v) is 4.34. The summed E-state index contributed by atoms with van der Waals surface area (Å²) >= 11 is 1.44. The van der Waals surface area contributed by atoms with Gasteiger partial charge in [-0.1, -0.05) is 0 Å². The van der Waals surface area contributed by atoms with Crippen molar-refractivity contribution in [3.05, 3.63) is 63.3 Å². The number of amides is 1. The number of nitrogens with zero attached hydrogens (tertiary/aromatic N) is 4. The molecule has 1 aliphatic rings. The second-order valence-corrected chi connectivity index (χ2v) is 8.38. The Morgan fingerprint density at radius 1 is 1.29 bits per heavy atom. The Labute approximate surface area is 167 Å². The van der Waals surface area contributed by atoms with E-state index in [0.717, 1.165) is 43.8 Å². The van der Waals surface area contributed by atoms with Crippen LogP contribution in [-0.2, 0) is 6.42 Å². The normalized spacial score (nSPS) is 15.8. The van der Waals surface area contributed by atoms with Crippen molar-refractivity contribution in [2.45, 2.75) is 32.2 Å². The van der Waals surface area contributed by atoms with Crippen LogP contribution < -0.4 is 10.9 Å². The molecule has 28 heavy (non-hydrogen) atoms. The molecule has 1 N–H and O–H groups in total. The summed E-state index contributed by atoms with van der Waals surface area (Å²) in [5.41, 5.74) is 1.09. The molecule has 4 heterocycles. The molecule has 3 aromatic rings. The summed E-state index contributed by atoms with van der Waals surface area (Å²) in [4.78, 5) is 37.5. The Kier molecular flexibility index (Phi) is 5.50. The van der Waals surface area contributed by atoms with Crippen LogP contribution in [0.25, 0.3) is 4.96 Å². The number of thiazole rings is 1. The summed E-state index contributed by atoms with van der Waals surface area (Å²) in [6, 6.07) is 4.19. The van der Waals surface area contributed by atoms with E-state index in [9.17, 15) is 9.59 Å². The Morgan fingerprint density at radius 3 is 2.79 bits per heavy atom. The van der Waals surface area contributed by atoms with Crippen molar-refractivity contribution in [3.8, 4) is 0 Å². The van der Waals surface area contributed by atoms with E-state index in [1.54, 1.807) is 6.20 Å². The number of nitrogens with one attached hydrogen (secondary N) is 1. The van der Waals surface area contributed by atoms with Crippen LogP contribution in [-0.4, -0.2) is 50.9 Å². The molecule has 0 spiro atoms. The molecule has 0 unspecified atom stereocenters. The molecule has 0 bridgehead atoms. The monoisotopic (exact) mass is 397 g/mol. The largest absolute Gasteiger partial charge is 0.349 e. The smallest absolute Gasteiger partial charge is 0.271 e. The van der Waals surface area contributed by atoms with Gasteiger partial charge in [0.15, 0.2) is 4.96 Å². The summed E-state index contributed by atoms with van der Waals surface area (Å²) in [5, 5.41) is 3.02. The molecule has 1 amide bonds. The van der Waals surface area contributed by atoms with Gasteiger partial charge in [-0.25, -0.2) is 4.98 Å². The molecule has 0 radical (unpaired) electrons. The van der Waals surface area contributed by atoms with Gasteiger partial charge in [-0.05, 0) is 43.9 Å². The number of aromatic nitrogens is 3. The number of piperidine rings is 1. The van der Waals surface area contributed by atoms with Gasteiger partial charge in [0.1, 0.15) is 5.56 Å². The molecule has 3 aromatic heterocycles. The first kappa shape index (κ1) is 18.8. The van der Waals surface area contributed by atoms with Crippen LogP contribution in [0.2, 0.25) is 0 Å². The first-order valence-electron chi connectivity index (χ1n) is 9.50. The molecular weight excluding hydrogens is 374 g/mol. The van der Waals surface area contributed by atoms with E-state index in [0.29, 0.717) is 4.96 Å². The predicted molar refractivity (Wildman–Crippen MR) is 109 cm³/mol. The Morgan fingerprint density at radius 2 is 2.04 bits per heavy atom. The van der Waals surface area contributed by atoms with E-state index in [2.05, 4.69) is 20.2 Å². The minimum atomic E-state index is -0.328. The van der Waals surface area contributed by atoms with Crippen molar-refractivity contribution in [1.82, 2.24) is 24.6 Å². The highest BCUT2D eigenvalue weighted by Crippen LogP contribution is 2.14. The van der Waals surface area contributed by atoms with Gasteiger partial charge in [-0.15, -0.1) is 11.3 Å². The van der Waals surface area contributed by atoms with Gasteiger partial charge < -0.3 is 10.2 Å². The number of carbonyl (C=O) groups excluding carboxylic acids is 1. The number of fused-ring (bicyclic) bond motifs is 1. The highest BCUT2D eigenvalue weighted by molar-refractivity contribution is 7.16. The molecule has 7 nitrogen and oxygen atoms in total. The van der Waals surface area contributed by atoms with Crippen molar-refractivity contribution >= 4 is 22.2 Å². The van der Waals surface area contributed by atoms with Gasteiger partial charge in [0.05, 0.1) is 0 Å². The zero-order valence-electron chi connectivity index (χ0n) is 15.8. The van der Waals surface area contributed by atoms with Crippen molar-refractivity contribution in [3.63, 3.8) is 0 Å². The summed E-state index contributed by atoms with van der Waals surface area (Å²) in [6.45, 7) is 4.80. The highest BCUT2D eigenvalue weighted by atomic mass is 32.1. The minimum absolute atomic E-state index is 0.0917. The van der Waals surface area contributed by atoms with Crippen LogP contribution in [0.1, 0.15) is 33.6 Å². The molecule has 146 valence electrons. The molecule has 1 aliphatic heterocycles. The number of aryl methyl sites for hydroxylation is 1. The zero-order valence-corrected chi connectivity index (χ0v) is 16.6. The fraction of sp³-hybridized carbons (Fsp3) is 0.400. The van der Waals surface area contributed by atoms with E-state index < -0.39 is 0 Å². The average Bonchev–Trinajstić information content (AvgIpc) is 3.10. The molecule has 1 fully saturated rings. The van der Waals surface area contributed by atoms with Crippen molar-refractivity contribution < 1.29 is 4.79 Å². The second-order valence-electron chi connectivity index (χ2n) is 7.17. The first-order chi connectivity index (χ1) is 13.6. The second kappa shape index (κ2) is 8.20. The molecule has 0 atom stereocenters. The van der Waals surface area contributed by atoms with Crippen LogP contribution in [0.15, 0.2) is 41.7 Å². The SMILES string of the molecule is Cc1cn2c(=O)c(C(=O)NC3CCN(CCc4ccncc4)CC3)cnc2s1. The highest BCUT2D eigenvalue weighted by Gasteiger charge is 2.22. The van der Waals surface area contributed by atoms with E-state index in [1.807, 2.05) is 31.5 Å². The van der Waals surface area contributed by atoms with E-state index in [-0.39, 0.29) is 23.1 Å². The van der Waals surface area contributed by atoms with Gasteiger partial charge in [0.2, 0.25) is 0 Å². The predicted octanol–water partition coefficient (Wildman–Crippen LogP) is 1.90. The molecule has 0 aromatic carbocycles. The lowest BCUT2D eigenvalue weighted by atomic mass is 10.0. The van der Waals surface area contributed by atoms with Crippen molar-refractivity contribution in [2.75, 3.05) is 19.6 Å². The van der Waals surface area contributed by atoms with Crippen LogP contribution in [0.5, 0.6) is 0 Å². The number of carbonyl (C=O) groups is 1. The van der Waals surface area contributed by atoms with E-state index in [4.69, 9.17) is 0 Å². The maximum absolute atomic E-state index is 12.6. The standard InChI is InChI=1S/C20H23N5O2S/c1-14-13-25-19(27)17(12-22-20(25)28-14)18(26)23-16-5-10-24(11-6-16)9-4-15-2-7-21-8-3-15/h2-3,7-8,12-13,16H,4-6,9-11H2,1H3,(H,23,26). The molecule has 0 saturated carbocycles. The van der Waals surface area contributed by atoms with Gasteiger partial charge in [0, 0.05) is 55.3 Å². The maximum atomic E-state index is 12.6. The van der Waals surface area contributed by atoms with Crippen molar-refractivity contribution in [1.29, 1.82) is 0 Å². The topological polar surface area (TPSA) is 79.6 Å². The lowest BCUT2D eigenvalue weighted by Gasteiger charge is -2.32. The summed E-state index contributed by atoms with van der Waals surface area (Å²) in [6.07, 6.45) is 9.54. The zero-order chi connectivity index (χ0) is 19.5. The number of pyridine rings is 1. The number of hydrogen-bond acceptors (Lipinski definition) is 6. The minimum Gasteiger partial charge on any atom is -0.349 e. The Hall–Kier alpha value is -2.58. The van der Waals surface area contributed by atoms with Crippen molar-refractivity contribution in [2.24, 2.45) is 0 Å². The third-order valence-corrected chi connectivity index (χ3v) is 6.07. The van der Waals surface area contributed by atoms with Crippen LogP contribution in [0.3, 0.4) is 0 Å². The molecular formula is C20H23N5O2S. The summed E-state index contributed by atoms with van der Waals surface area (Å²) < 4.78 is 1.45. The van der Waals surface area contributed by atoms with Gasteiger partial charge >= 0.3 is 0 Å². The summed E-state index contributed by atoms with van der Waals surface area (Å²) in [7, 11) is 0. The van der Waals surface area contributed by atoms with Crippen LogP contribution in [0, 0.1) is 6.92 Å². The van der Waals surface area contributed by atoms with Crippen LogP contribution in [0.4, 0.5) is 0 Å². The van der Waals surface area contributed by atoms with Gasteiger partial charge in [0.25, 0.3) is 11.5 Å². The third kappa shape index (κ3) is 4.13. The number of hydrogen-bond donors (Lipinski definition) is 1. The maximum Gasteiger partial charge on any atom is 0.271 e. The Balaban J connectivity index is 1.31. The van der Waals surface area contributed by atoms with E-state index in [1.165, 1.54) is 27.5 Å². The molecule has 4 rings (SSSR count).